The van der Waals surface area contributed by atoms with Crippen LogP contribution in [0.25, 0.3) is 0 Å². The van der Waals surface area contributed by atoms with Gasteiger partial charge >= 0.3 is 0 Å². The van der Waals surface area contributed by atoms with Crippen LogP contribution in [0.5, 0.6) is 0 Å². The Morgan fingerprint density at radius 2 is 2.29 bits per heavy atom. The van der Waals surface area contributed by atoms with Gasteiger partial charge in [-0.1, -0.05) is 27.2 Å². The Bertz CT molecular complexity index is 281. The maximum absolute atomic E-state index is 5.97. The summed E-state index contributed by atoms with van der Waals surface area (Å²) in [5, 5.41) is 4.83. The van der Waals surface area contributed by atoms with Gasteiger partial charge in [-0.15, -0.1) is 11.8 Å². The number of thioether (sulfide) groups is 1. The number of nitrogen functional groups attached to an aromatic ring is 1. The molecular weight excluding hydrogens is 194 g/mol. The third-order valence-corrected chi connectivity index (χ3v) is 2.97. The van der Waals surface area contributed by atoms with Gasteiger partial charge in [0.25, 0.3) is 0 Å². The predicted octanol–water partition coefficient (Wildman–Crippen LogP) is 2.77. The molecule has 0 aliphatic heterocycles. The summed E-state index contributed by atoms with van der Waals surface area (Å²) < 4.78 is 1.90. The van der Waals surface area contributed by atoms with E-state index >= 15 is 0 Å². The summed E-state index contributed by atoms with van der Waals surface area (Å²) in [6.07, 6.45) is 4.18. The number of rotatable bonds is 5. The molecule has 80 valence electrons. The molecule has 4 heteroatoms. The molecule has 0 aromatic carbocycles. The maximum Gasteiger partial charge on any atom is 0.135 e. The quantitative estimate of drug-likeness (QED) is 0.765. The Morgan fingerprint density at radius 3 is 2.86 bits per heavy atom. The van der Waals surface area contributed by atoms with Crippen LogP contribution in [0.3, 0.4) is 0 Å². The lowest BCUT2D eigenvalue weighted by Gasteiger charge is -2.05. The normalized spacial score (nSPS) is 11.1. The Kier molecular flexibility index (Phi) is 4.32. The first kappa shape index (κ1) is 11.4. The maximum atomic E-state index is 5.97. The number of nitrogens with zero attached hydrogens (tertiary/aromatic N) is 2. The van der Waals surface area contributed by atoms with E-state index in [4.69, 9.17) is 5.73 Å². The molecule has 2 N–H and O–H groups in total. The van der Waals surface area contributed by atoms with Gasteiger partial charge in [0.2, 0.25) is 0 Å². The number of unbranched alkanes of at least 4 members (excludes halogenated alkanes) is 1. The molecule has 0 fully saturated rings. The molecule has 0 amide bonds. The van der Waals surface area contributed by atoms with Gasteiger partial charge in [0.15, 0.2) is 0 Å². The van der Waals surface area contributed by atoms with Crippen LogP contribution < -0.4 is 5.73 Å². The van der Waals surface area contributed by atoms with E-state index in [0.717, 1.165) is 23.7 Å². The summed E-state index contributed by atoms with van der Waals surface area (Å²) in [5.74, 6) is 0.817. The van der Waals surface area contributed by atoms with Crippen molar-refractivity contribution in [1.82, 2.24) is 9.78 Å². The van der Waals surface area contributed by atoms with E-state index in [2.05, 4.69) is 25.9 Å². The molecule has 1 aromatic rings. The molecule has 0 spiro atoms. The average molecular weight is 213 g/mol. The van der Waals surface area contributed by atoms with Gasteiger partial charge in [0.05, 0.1) is 11.1 Å². The highest BCUT2D eigenvalue weighted by atomic mass is 32.2. The molecule has 1 heterocycles. The van der Waals surface area contributed by atoms with Crippen LogP contribution >= 0.6 is 11.8 Å². The Hall–Kier alpha value is -0.640. The van der Waals surface area contributed by atoms with Gasteiger partial charge in [-0.3, -0.25) is 0 Å². The molecule has 1 rings (SSSR count). The molecule has 3 nitrogen and oxygen atoms in total. The molecule has 0 aliphatic rings. The average Bonchev–Trinajstić information content (AvgIpc) is 2.45. The fourth-order valence-corrected chi connectivity index (χ4v) is 2.05. The van der Waals surface area contributed by atoms with Gasteiger partial charge < -0.3 is 5.73 Å². The first-order valence-corrected chi connectivity index (χ1v) is 6.01. The van der Waals surface area contributed by atoms with E-state index in [1.54, 1.807) is 11.8 Å². The summed E-state index contributed by atoms with van der Waals surface area (Å²) in [4.78, 5) is 1.11. The number of hydrogen-bond donors (Lipinski definition) is 1. The summed E-state index contributed by atoms with van der Waals surface area (Å²) in [6, 6.07) is 0. The van der Waals surface area contributed by atoms with Crippen molar-refractivity contribution in [3.63, 3.8) is 0 Å². The van der Waals surface area contributed by atoms with Gasteiger partial charge in [-0.2, -0.15) is 5.10 Å². The summed E-state index contributed by atoms with van der Waals surface area (Å²) in [7, 11) is 0. The van der Waals surface area contributed by atoms with E-state index in [9.17, 15) is 0 Å². The van der Waals surface area contributed by atoms with Crippen molar-refractivity contribution >= 4 is 17.6 Å². The Labute approximate surface area is 90.1 Å². The van der Waals surface area contributed by atoms with Crippen molar-refractivity contribution < 1.29 is 0 Å². The molecule has 14 heavy (non-hydrogen) atoms. The predicted molar refractivity (Wildman–Crippen MR) is 62.5 cm³/mol. The number of aryl methyl sites for hydroxylation is 1. The third kappa shape index (κ3) is 2.94. The topological polar surface area (TPSA) is 43.8 Å². The van der Waals surface area contributed by atoms with Gasteiger partial charge in [0, 0.05) is 11.8 Å². The van der Waals surface area contributed by atoms with E-state index in [1.165, 1.54) is 6.42 Å². The van der Waals surface area contributed by atoms with Crippen LogP contribution in [0, 0.1) is 0 Å². The number of anilines is 1. The standard InChI is InChI=1S/C10H19N3S/c1-4-5-6-13-10(11)9(7-12-13)14-8(2)3/h7-8H,4-6,11H2,1-3H3. The van der Waals surface area contributed by atoms with Crippen molar-refractivity contribution in [2.24, 2.45) is 0 Å². The molecule has 0 bridgehead atoms. The zero-order valence-electron chi connectivity index (χ0n) is 9.16. The SMILES string of the molecule is CCCCn1ncc(SC(C)C)c1N. The van der Waals surface area contributed by atoms with Crippen molar-refractivity contribution in [2.75, 3.05) is 5.73 Å². The molecule has 0 aliphatic carbocycles. The van der Waals surface area contributed by atoms with Crippen LogP contribution in [-0.2, 0) is 6.54 Å². The third-order valence-electron chi connectivity index (χ3n) is 1.93. The second kappa shape index (κ2) is 5.29. The molecular formula is C10H19N3S. The Morgan fingerprint density at radius 1 is 1.57 bits per heavy atom. The summed E-state index contributed by atoms with van der Waals surface area (Å²) in [5.41, 5.74) is 5.97. The molecule has 0 atom stereocenters. The molecule has 0 radical (unpaired) electrons. The zero-order valence-corrected chi connectivity index (χ0v) is 9.97. The first-order chi connectivity index (χ1) is 6.65. The Balaban J connectivity index is 2.65. The van der Waals surface area contributed by atoms with Crippen molar-refractivity contribution in [2.45, 2.75) is 50.3 Å². The minimum Gasteiger partial charge on any atom is -0.383 e. The lowest BCUT2D eigenvalue weighted by atomic mass is 10.3. The minimum absolute atomic E-state index is 0.557. The van der Waals surface area contributed by atoms with Gasteiger partial charge in [-0.05, 0) is 6.42 Å². The smallest absolute Gasteiger partial charge is 0.135 e. The van der Waals surface area contributed by atoms with Gasteiger partial charge in [-0.25, -0.2) is 4.68 Å². The molecule has 0 saturated carbocycles. The fraction of sp³-hybridized carbons (Fsp3) is 0.700. The first-order valence-electron chi connectivity index (χ1n) is 5.13. The van der Waals surface area contributed by atoms with Crippen molar-refractivity contribution in [3.05, 3.63) is 6.20 Å². The van der Waals surface area contributed by atoms with Gasteiger partial charge in [0.1, 0.15) is 5.82 Å². The number of hydrogen-bond acceptors (Lipinski definition) is 3. The van der Waals surface area contributed by atoms with Crippen molar-refractivity contribution in [1.29, 1.82) is 0 Å². The van der Waals surface area contributed by atoms with E-state index < -0.39 is 0 Å². The monoisotopic (exact) mass is 213 g/mol. The number of nitrogens with two attached hydrogens (primary N) is 1. The van der Waals surface area contributed by atoms with Crippen LogP contribution in [0.4, 0.5) is 5.82 Å². The second-order valence-electron chi connectivity index (χ2n) is 3.64. The fourth-order valence-electron chi connectivity index (χ4n) is 1.21. The van der Waals surface area contributed by atoms with Crippen LogP contribution in [0.1, 0.15) is 33.6 Å². The summed E-state index contributed by atoms with van der Waals surface area (Å²) in [6.45, 7) is 7.42. The summed E-state index contributed by atoms with van der Waals surface area (Å²) >= 11 is 1.77. The lowest BCUT2D eigenvalue weighted by molar-refractivity contribution is 0.578. The molecule has 0 unspecified atom stereocenters. The van der Waals surface area contributed by atoms with Crippen LogP contribution in [0.15, 0.2) is 11.1 Å². The zero-order chi connectivity index (χ0) is 10.6. The van der Waals surface area contributed by atoms with E-state index in [-0.39, 0.29) is 0 Å². The van der Waals surface area contributed by atoms with Crippen molar-refractivity contribution in [3.8, 4) is 0 Å². The highest BCUT2D eigenvalue weighted by Crippen LogP contribution is 2.28. The molecule has 1 aromatic heterocycles. The highest BCUT2D eigenvalue weighted by molar-refractivity contribution is 8.00. The minimum atomic E-state index is 0.557. The molecule has 0 saturated heterocycles. The highest BCUT2D eigenvalue weighted by Gasteiger charge is 2.08. The van der Waals surface area contributed by atoms with Crippen LogP contribution in [0.2, 0.25) is 0 Å². The van der Waals surface area contributed by atoms with Crippen LogP contribution in [-0.4, -0.2) is 15.0 Å². The number of aromatic nitrogens is 2. The largest absolute Gasteiger partial charge is 0.383 e. The van der Waals surface area contributed by atoms with E-state index in [0.29, 0.717) is 5.25 Å². The lowest BCUT2D eigenvalue weighted by Crippen LogP contribution is -2.04. The van der Waals surface area contributed by atoms with E-state index in [1.807, 2.05) is 10.9 Å². The second-order valence-corrected chi connectivity index (χ2v) is 5.26.